The van der Waals surface area contributed by atoms with Crippen LogP contribution in [0, 0.1) is 13.8 Å². The number of aromatic nitrogens is 4. The first kappa shape index (κ1) is 18.7. The van der Waals surface area contributed by atoms with Crippen LogP contribution in [0.25, 0.3) is 0 Å². The molecule has 4 heterocycles. The van der Waals surface area contributed by atoms with Crippen LogP contribution in [-0.2, 0) is 17.8 Å². The Morgan fingerprint density at radius 1 is 1.14 bits per heavy atom. The van der Waals surface area contributed by atoms with Gasteiger partial charge in [-0.15, -0.1) is 10.2 Å². The maximum atomic E-state index is 13.0. The van der Waals surface area contributed by atoms with Gasteiger partial charge in [0, 0.05) is 37.8 Å². The van der Waals surface area contributed by atoms with Crippen molar-refractivity contribution in [1.82, 2.24) is 30.0 Å². The van der Waals surface area contributed by atoms with E-state index in [9.17, 15) is 9.59 Å². The number of hydrogen-bond donors (Lipinski definition) is 2. The van der Waals surface area contributed by atoms with Crippen LogP contribution in [0.15, 0.2) is 0 Å². The quantitative estimate of drug-likeness (QED) is 0.767. The monoisotopic (exact) mass is 386 g/mol. The molecule has 150 valence electrons. The molecule has 0 aromatic carbocycles. The summed E-state index contributed by atoms with van der Waals surface area (Å²) in [6.07, 6.45) is 1.72. The summed E-state index contributed by atoms with van der Waals surface area (Å²) in [6.45, 7) is 7.48. The van der Waals surface area contributed by atoms with Gasteiger partial charge in [-0.25, -0.2) is 4.79 Å². The number of fused-ring (bicyclic) bond motifs is 1. The van der Waals surface area contributed by atoms with Gasteiger partial charge in [0.05, 0.1) is 19.2 Å². The zero-order chi connectivity index (χ0) is 19.8. The average molecular weight is 386 g/mol. The lowest BCUT2D eigenvalue weighted by molar-refractivity contribution is 0.0599. The molecule has 9 heteroatoms. The lowest BCUT2D eigenvalue weighted by atomic mass is 9.95. The predicted molar refractivity (Wildman–Crippen MR) is 101 cm³/mol. The molecule has 0 spiro atoms. The molecule has 0 bridgehead atoms. The number of aryl methyl sites for hydroxylation is 1. The molecule has 2 aliphatic rings. The van der Waals surface area contributed by atoms with Gasteiger partial charge in [0.2, 0.25) is 0 Å². The smallest absolute Gasteiger partial charge is 0.339 e. The number of carbonyl (C=O) groups is 2. The Balaban J connectivity index is 1.46. The Hall–Kier alpha value is -2.68. The third-order valence-electron chi connectivity index (χ3n) is 5.84. The second kappa shape index (κ2) is 7.38. The molecule has 9 nitrogen and oxygen atoms in total. The number of nitrogens with zero attached hydrogens (tertiary/aromatic N) is 4. The van der Waals surface area contributed by atoms with Gasteiger partial charge in [-0.1, -0.05) is 0 Å². The van der Waals surface area contributed by atoms with Gasteiger partial charge in [0.25, 0.3) is 5.91 Å². The number of likely N-dealkylation sites (tertiary alicyclic amines) is 1. The molecule has 2 aromatic rings. The minimum atomic E-state index is -0.421. The molecule has 28 heavy (non-hydrogen) atoms. The summed E-state index contributed by atoms with van der Waals surface area (Å²) in [4.78, 5) is 29.9. The molecule has 2 N–H and O–H groups in total. The molecule has 2 aliphatic heterocycles. The SMILES string of the molecule is COC(=O)c1c(C)[nH]c(C(=O)N2CCC(c3nnc4n3CCNC4)CC2)c1C. The topological polar surface area (TPSA) is 105 Å². The van der Waals surface area contributed by atoms with Gasteiger partial charge in [-0.2, -0.15) is 0 Å². The molecule has 4 rings (SSSR count). The van der Waals surface area contributed by atoms with Crippen LogP contribution >= 0.6 is 0 Å². The molecule has 0 aliphatic carbocycles. The maximum absolute atomic E-state index is 13.0. The number of piperidine rings is 1. The number of methoxy groups -OCH3 is 1. The molecular formula is C19H26N6O3. The highest BCUT2D eigenvalue weighted by atomic mass is 16.5. The minimum absolute atomic E-state index is 0.0679. The van der Waals surface area contributed by atoms with Crippen molar-refractivity contribution in [2.24, 2.45) is 0 Å². The van der Waals surface area contributed by atoms with Crippen molar-refractivity contribution < 1.29 is 14.3 Å². The summed E-state index contributed by atoms with van der Waals surface area (Å²) in [5.74, 6) is 1.87. The van der Waals surface area contributed by atoms with Crippen molar-refractivity contribution in [2.75, 3.05) is 26.7 Å². The van der Waals surface area contributed by atoms with E-state index in [0.29, 0.717) is 41.5 Å². The zero-order valence-corrected chi connectivity index (χ0v) is 16.5. The van der Waals surface area contributed by atoms with Crippen LogP contribution in [0.4, 0.5) is 0 Å². The minimum Gasteiger partial charge on any atom is -0.465 e. The lowest BCUT2D eigenvalue weighted by Gasteiger charge is -2.32. The van der Waals surface area contributed by atoms with E-state index in [-0.39, 0.29) is 5.91 Å². The van der Waals surface area contributed by atoms with Crippen molar-refractivity contribution in [3.8, 4) is 0 Å². The van der Waals surface area contributed by atoms with E-state index in [4.69, 9.17) is 4.74 Å². The Kier molecular flexibility index (Phi) is 4.92. The average Bonchev–Trinajstić information content (AvgIpc) is 3.28. The molecule has 1 saturated heterocycles. The number of hydrogen-bond acceptors (Lipinski definition) is 6. The van der Waals surface area contributed by atoms with Crippen LogP contribution in [0.2, 0.25) is 0 Å². The summed E-state index contributed by atoms with van der Waals surface area (Å²) in [6, 6.07) is 0. The summed E-state index contributed by atoms with van der Waals surface area (Å²) < 4.78 is 7.06. The first-order valence-electron chi connectivity index (χ1n) is 9.70. The largest absolute Gasteiger partial charge is 0.465 e. The van der Waals surface area contributed by atoms with Crippen molar-refractivity contribution in [3.05, 3.63) is 34.2 Å². The molecule has 0 atom stereocenters. The Bertz CT molecular complexity index is 907. The third-order valence-corrected chi connectivity index (χ3v) is 5.84. The summed E-state index contributed by atoms with van der Waals surface area (Å²) in [7, 11) is 1.35. The summed E-state index contributed by atoms with van der Waals surface area (Å²) >= 11 is 0. The first-order valence-corrected chi connectivity index (χ1v) is 9.70. The fourth-order valence-electron chi connectivity index (χ4n) is 4.29. The van der Waals surface area contributed by atoms with Crippen LogP contribution < -0.4 is 5.32 Å². The highest BCUT2D eigenvalue weighted by molar-refractivity contribution is 6.00. The molecule has 0 unspecified atom stereocenters. The summed E-state index contributed by atoms with van der Waals surface area (Å²) in [5, 5.41) is 12.0. The standard InChI is InChI=1S/C19H26N6O3/c1-11-15(19(27)28-3)12(2)21-16(11)18(26)24-7-4-13(5-8-24)17-23-22-14-10-20-6-9-25(14)17/h13,20-21H,4-10H2,1-3H3. The fourth-order valence-corrected chi connectivity index (χ4v) is 4.29. The first-order chi connectivity index (χ1) is 13.5. The van der Waals surface area contributed by atoms with Crippen LogP contribution in [-0.4, -0.2) is 63.3 Å². The zero-order valence-electron chi connectivity index (χ0n) is 16.5. The van der Waals surface area contributed by atoms with Crippen LogP contribution in [0.1, 0.15) is 62.5 Å². The van der Waals surface area contributed by atoms with E-state index < -0.39 is 5.97 Å². The second-order valence-corrected chi connectivity index (χ2v) is 7.49. The predicted octanol–water partition coefficient (Wildman–Crippen LogP) is 1.13. The molecule has 1 amide bonds. The van der Waals surface area contributed by atoms with Crippen LogP contribution in [0.5, 0.6) is 0 Å². The van der Waals surface area contributed by atoms with Crippen molar-refractivity contribution in [1.29, 1.82) is 0 Å². The molecule has 0 radical (unpaired) electrons. The van der Waals surface area contributed by atoms with E-state index in [1.807, 2.05) is 4.90 Å². The Morgan fingerprint density at radius 3 is 2.61 bits per heavy atom. The summed E-state index contributed by atoms with van der Waals surface area (Å²) in [5.41, 5.74) is 2.23. The van der Waals surface area contributed by atoms with E-state index in [1.54, 1.807) is 13.8 Å². The maximum Gasteiger partial charge on any atom is 0.339 e. The lowest BCUT2D eigenvalue weighted by Crippen LogP contribution is -2.39. The number of ether oxygens (including phenoxy) is 1. The van der Waals surface area contributed by atoms with E-state index >= 15 is 0 Å². The van der Waals surface area contributed by atoms with Gasteiger partial charge in [0.1, 0.15) is 17.3 Å². The van der Waals surface area contributed by atoms with Gasteiger partial charge < -0.3 is 24.5 Å². The van der Waals surface area contributed by atoms with E-state index in [2.05, 4.69) is 25.1 Å². The normalized spacial score (nSPS) is 17.5. The molecule has 2 aromatic heterocycles. The number of aromatic amines is 1. The number of carbonyl (C=O) groups excluding carboxylic acids is 2. The van der Waals surface area contributed by atoms with Gasteiger partial charge in [-0.3, -0.25) is 4.79 Å². The van der Waals surface area contributed by atoms with Crippen molar-refractivity contribution >= 4 is 11.9 Å². The van der Waals surface area contributed by atoms with Gasteiger partial charge >= 0.3 is 5.97 Å². The number of amides is 1. The molecule has 1 fully saturated rings. The number of nitrogens with one attached hydrogen (secondary N) is 2. The highest BCUT2D eigenvalue weighted by Crippen LogP contribution is 2.29. The second-order valence-electron chi connectivity index (χ2n) is 7.49. The number of rotatable bonds is 3. The fraction of sp³-hybridized carbons (Fsp3) is 0.579. The van der Waals surface area contributed by atoms with Crippen molar-refractivity contribution in [2.45, 2.75) is 45.7 Å². The van der Waals surface area contributed by atoms with Gasteiger partial charge in [-0.05, 0) is 32.3 Å². The molecular weight excluding hydrogens is 360 g/mol. The molecule has 0 saturated carbocycles. The van der Waals surface area contributed by atoms with E-state index in [1.165, 1.54) is 7.11 Å². The van der Waals surface area contributed by atoms with Crippen LogP contribution in [0.3, 0.4) is 0 Å². The third kappa shape index (κ3) is 3.09. The number of esters is 1. The Morgan fingerprint density at radius 2 is 1.89 bits per heavy atom. The Labute approximate surface area is 163 Å². The van der Waals surface area contributed by atoms with Crippen molar-refractivity contribution in [3.63, 3.8) is 0 Å². The highest BCUT2D eigenvalue weighted by Gasteiger charge is 2.31. The van der Waals surface area contributed by atoms with E-state index in [0.717, 1.165) is 44.1 Å². The number of H-pyrrole nitrogens is 1. The van der Waals surface area contributed by atoms with Gasteiger partial charge in [0.15, 0.2) is 0 Å².